The lowest BCUT2D eigenvalue weighted by atomic mass is 9.87. The van der Waals surface area contributed by atoms with Crippen LogP contribution in [0.4, 0.5) is 5.69 Å². The monoisotopic (exact) mass is 453 g/mol. The van der Waals surface area contributed by atoms with Crippen LogP contribution >= 0.6 is 0 Å². The molecule has 0 radical (unpaired) electrons. The normalized spacial score (nSPS) is 23.3. The van der Waals surface area contributed by atoms with E-state index in [4.69, 9.17) is 0 Å². The number of benzene rings is 1. The Morgan fingerprint density at radius 2 is 1.73 bits per heavy atom. The molecule has 2 amide bonds. The molecule has 8 heteroatoms. The third-order valence-electron chi connectivity index (χ3n) is 7.89. The molecule has 178 valence electrons. The molecule has 0 bridgehead atoms. The standard InChI is InChI=1S/C25H35N5O3/c1-27-23-19(29-16-14-28(15-17-29)13-12-18-6-3-2-4-7-18)8-5-9-20(23)30(25(27)33)21-10-11-22(31)26-24(21)32/h5,8-9,18,21H,2-4,6-7,10-17H2,1H3,(H,26,31,32). The van der Waals surface area contributed by atoms with Crippen LogP contribution in [0.15, 0.2) is 23.0 Å². The molecule has 3 aliphatic rings. The number of aryl methyl sites for hydroxylation is 1. The third kappa shape index (κ3) is 4.33. The number of carbonyl (C=O) groups is 2. The summed E-state index contributed by atoms with van der Waals surface area (Å²) in [6.07, 6.45) is 8.95. The summed E-state index contributed by atoms with van der Waals surface area (Å²) in [5, 5.41) is 2.38. The zero-order valence-corrected chi connectivity index (χ0v) is 19.6. The zero-order chi connectivity index (χ0) is 22.9. The molecule has 2 aromatic rings. The van der Waals surface area contributed by atoms with Gasteiger partial charge in [-0.05, 0) is 37.4 Å². The predicted octanol–water partition coefficient (Wildman–Crippen LogP) is 2.41. The maximum Gasteiger partial charge on any atom is 0.329 e. The van der Waals surface area contributed by atoms with Crippen molar-refractivity contribution < 1.29 is 9.59 Å². The number of imidazole rings is 1. The van der Waals surface area contributed by atoms with Gasteiger partial charge in [0.25, 0.3) is 0 Å². The number of anilines is 1. The Bertz CT molecular complexity index is 1090. The van der Waals surface area contributed by atoms with Gasteiger partial charge in [0, 0.05) is 39.6 Å². The summed E-state index contributed by atoms with van der Waals surface area (Å²) in [5.41, 5.74) is 2.46. The molecule has 8 nitrogen and oxygen atoms in total. The maximum absolute atomic E-state index is 13.2. The molecule has 1 saturated carbocycles. The highest BCUT2D eigenvalue weighted by molar-refractivity contribution is 6.00. The highest BCUT2D eigenvalue weighted by Gasteiger charge is 2.32. The lowest BCUT2D eigenvalue weighted by Gasteiger charge is -2.37. The largest absolute Gasteiger partial charge is 0.367 e. The van der Waals surface area contributed by atoms with E-state index in [0.29, 0.717) is 6.42 Å². The molecule has 1 aromatic heterocycles. The minimum absolute atomic E-state index is 0.210. The average molecular weight is 454 g/mol. The molecule has 1 aromatic carbocycles. The van der Waals surface area contributed by atoms with Crippen molar-refractivity contribution in [3.05, 3.63) is 28.7 Å². The summed E-state index contributed by atoms with van der Waals surface area (Å²) in [7, 11) is 1.77. The first-order valence-electron chi connectivity index (χ1n) is 12.5. The fraction of sp³-hybridized carbons (Fsp3) is 0.640. The zero-order valence-electron chi connectivity index (χ0n) is 19.6. The number of fused-ring (bicyclic) bond motifs is 1. The summed E-state index contributed by atoms with van der Waals surface area (Å²) < 4.78 is 3.23. The van der Waals surface area contributed by atoms with Gasteiger partial charge in [-0.25, -0.2) is 4.79 Å². The number of nitrogens with zero attached hydrogens (tertiary/aromatic N) is 4. The van der Waals surface area contributed by atoms with Gasteiger partial charge in [0.05, 0.1) is 16.7 Å². The molecule has 1 N–H and O–H groups in total. The van der Waals surface area contributed by atoms with E-state index in [1.807, 2.05) is 12.1 Å². The van der Waals surface area contributed by atoms with Gasteiger partial charge in [-0.3, -0.25) is 28.9 Å². The topological polar surface area (TPSA) is 79.6 Å². The third-order valence-corrected chi connectivity index (χ3v) is 7.89. The van der Waals surface area contributed by atoms with Crippen LogP contribution in [0.2, 0.25) is 0 Å². The van der Waals surface area contributed by atoms with E-state index in [1.165, 1.54) is 45.1 Å². The van der Waals surface area contributed by atoms with Gasteiger partial charge in [-0.2, -0.15) is 0 Å². The van der Waals surface area contributed by atoms with E-state index in [0.717, 1.165) is 48.8 Å². The van der Waals surface area contributed by atoms with E-state index in [1.54, 1.807) is 16.2 Å². The molecule has 3 heterocycles. The summed E-state index contributed by atoms with van der Waals surface area (Å²) >= 11 is 0. The Balaban J connectivity index is 1.33. The van der Waals surface area contributed by atoms with Crippen molar-refractivity contribution in [2.24, 2.45) is 13.0 Å². The number of hydrogen-bond acceptors (Lipinski definition) is 5. The molecule has 3 fully saturated rings. The molecule has 0 spiro atoms. The van der Waals surface area contributed by atoms with Gasteiger partial charge < -0.3 is 4.90 Å². The Morgan fingerprint density at radius 1 is 0.970 bits per heavy atom. The van der Waals surface area contributed by atoms with Gasteiger partial charge in [0.2, 0.25) is 11.8 Å². The van der Waals surface area contributed by atoms with Crippen molar-refractivity contribution in [3.8, 4) is 0 Å². The minimum Gasteiger partial charge on any atom is -0.367 e. The number of piperazine rings is 1. The van der Waals surface area contributed by atoms with Crippen LogP contribution in [0.5, 0.6) is 0 Å². The first-order valence-corrected chi connectivity index (χ1v) is 12.5. The number of nitrogens with one attached hydrogen (secondary N) is 1. The average Bonchev–Trinajstić information content (AvgIpc) is 3.09. The van der Waals surface area contributed by atoms with Crippen molar-refractivity contribution in [3.63, 3.8) is 0 Å². The van der Waals surface area contributed by atoms with Gasteiger partial charge in [0.15, 0.2) is 0 Å². The van der Waals surface area contributed by atoms with Crippen LogP contribution in [-0.4, -0.2) is 58.6 Å². The summed E-state index contributed by atoms with van der Waals surface area (Å²) in [4.78, 5) is 42.2. The van der Waals surface area contributed by atoms with E-state index in [-0.39, 0.29) is 18.0 Å². The van der Waals surface area contributed by atoms with Gasteiger partial charge in [0.1, 0.15) is 6.04 Å². The quantitative estimate of drug-likeness (QED) is 0.704. The lowest BCUT2D eigenvalue weighted by Crippen LogP contribution is -2.47. The number of imide groups is 1. The van der Waals surface area contributed by atoms with Crippen LogP contribution in [-0.2, 0) is 16.6 Å². The highest BCUT2D eigenvalue weighted by atomic mass is 16.2. The number of rotatable bonds is 5. The van der Waals surface area contributed by atoms with Crippen molar-refractivity contribution in [2.45, 2.75) is 57.4 Å². The highest BCUT2D eigenvalue weighted by Crippen LogP contribution is 2.31. The van der Waals surface area contributed by atoms with Crippen LogP contribution in [0.25, 0.3) is 11.0 Å². The Morgan fingerprint density at radius 3 is 2.45 bits per heavy atom. The van der Waals surface area contributed by atoms with Gasteiger partial charge in [-0.15, -0.1) is 0 Å². The first-order chi connectivity index (χ1) is 16.0. The van der Waals surface area contributed by atoms with E-state index in [9.17, 15) is 14.4 Å². The van der Waals surface area contributed by atoms with Crippen LogP contribution < -0.4 is 15.9 Å². The number of amides is 2. The second kappa shape index (κ2) is 9.33. The minimum atomic E-state index is -0.647. The molecule has 2 saturated heterocycles. The Labute approximate surface area is 194 Å². The molecule has 1 aliphatic carbocycles. The molecule has 5 rings (SSSR count). The number of carbonyl (C=O) groups excluding carboxylic acids is 2. The van der Waals surface area contributed by atoms with Gasteiger partial charge >= 0.3 is 5.69 Å². The van der Waals surface area contributed by atoms with E-state index < -0.39 is 11.9 Å². The fourth-order valence-electron chi connectivity index (χ4n) is 5.96. The molecule has 1 unspecified atom stereocenters. The molecular formula is C25H35N5O3. The van der Waals surface area contributed by atoms with Gasteiger partial charge in [-0.1, -0.05) is 38.2 Å². The van der Waals surface area contributed by atoms with Crippen molar-refractivity contribution in [1.29, 1.82) is 0 Å². The first kappa shape index (κ1) is 22.2. The SMILES string of the molecule is Cn1c(=O)n(C2CCC(=O)NC2=O)c2cccc(N3CCN(CCC4CCCCC4)CC3)c21. The molecule has 33 heavy (non-hydrogen) atoms. The molecule has 2 aliphatic heterocycles. The van der Waals surface area contributed by atoms with Crippen LogP contribution in [0.1, 0.15) is 57.4 Å². The van der Waals surface area contributed by atoms with Crippen molar-refractivity contribution in [2.75, 3.05) is 37.6 Å². The van der Waals surface area contributed by atoms with Crippen molar-refractivity contribution >= 4 is 28.5 Å². The number of piperidine rings is 1. The Hall–Kier alpha value is -2.61. The lowest BCUT2D eigenvalue weighted by molar-refractivity contribution is -0.135. The predicted molar refractivity (Wildman–Crippen MR) is 128 cm³/mol. The fourth-order valence-corrected chi connectivity index (χ4v) is 5.96. The number of aromatic nitrogens is 2. The molecular weight excluding hydrogens is 418 g/mol. The van der Waals surface area contributed by atoms with Crippen LogP contribution in [0.3, 0.4) is 0 Å². The Kier molecular flexibility index (Phi) is 6.27. The van der Waals surface area contributed by atoms with Crippen molar-refractivity contribution in [1.82, 2.24) is 19.4 Å². The summed E-state index contributed by atoms with van der Waals surface area (Å²) in [5.74, 6) is 0.247. The summed E-state index contributed by atoms with van der Waals surface area (Å²) in [6, 6.07) is 5.30. The molecule has 1 atom stereocenters. The van der Waals surface area contributed by atoms with Crippen LogP contribution in [0, 0.1) is 5.92 Å². The second-order valence-electron chi connectivity index (χ2n) is 9.94. The smallest absolute Gasteiger partial charge is 0.329 e. The maximum atomic E-state index is 13.2. The second-order valence-corrected chi connectivity index (χ2v) is 9.94. The number of para-hydroxylation sites is 1. The van der Waals surface area contributed by atoms with E-state index in [2.05, 4.69) is 21.2 Å². The van der Waals surface area contributed by atoms with E-state index >= 15 is 0 Å². The number of hydrogen-bond donors (Lipinski definition) is 1. The summed E-state index contributed by atoms with van der Waals surface area (Å²) in [6.45, 7) is 5.12.